The molecule has 0 aromatic heterocycles. The summed E-state index contributed by atoms with van der Waals surface area (Å²) >= 11 is 0. The number of benzene rings is 1. The molecule has 3 nitrogen and oxygen atoms in total. The van der Waals surface area contributed by atoms with Crippen molar-refractivity contribution in [2.75, 3.05) is 0 Å². The van der Waals surface area contributed by atoms with Crippen LogP contribution < -0.4 is 4.74 Å². The smallest absolute Gasteiger partial charge is 0.331 e. The standard InChI is InChI=1S/C16H18O3/c1-5-13(4)19-15-8-6-14(7-9-15)11-18-16(17)10-12(2)3/h1,6-10,13H,11H2,2-4H3. The Morgan fingerprint density at radius 1 is 1.37 bits per heavy atom. The summed E-state index contributed by atoms with van der Waals surface area (Å²) in [7, 11) is 0. The lowest BCUT2D eigenvalue weighted by Crippen LogP contribution is -2.08. The summed E-state index contributed by atoms with van der Waals surface area (Å²) < 4.78 is 10.5. The van der Waals surface area contributed by atoms with Crippen LogP contribution in [0.15, 0.2) is 35.9 Å². The van der Waals surface area contributed by atoms with Gasteiger partial charge in [0.25, 0.3) is 0 Å². The zero-order chi connectivity index (χ0) is 14.3. The van der Waals surface area contributed by atoms with Gasteiger partial charge in [0.1, 0.15) is 12.4 Å². The van der Waals surface area contributed by atoms with E-state index in [1.165, 1.54) is 6.08 Å². The highest BCUT2D eigenvalue weighted by Crippen LogP contribution is 2.14. The number of hydrogen-bond donors (Lipinski definition) is 0. The molecule has 19 heavy (non-hydrogen) atoms. The minimum Gasteiger partial charge on any atom is -0.478 e. The minimum absolute atomic E-state index is 0.244. The molecule has 0 spiro atoms. The van der Waals surface area contributed by atoms with E-state index in [0.717, 1.165) is 11.1 Å². The lowest BCUT2D eigenvalue weighted by molar-refractivity contribution is -0.139. The van der Waals surface area contributed by atoms with Gasteiger partial charge in [-0.25, -0.2) is 4.79 Å². The number of esters is 1. The van der Waals surface area contributed by atoms with E-state index in [1.807, 2.05) is 26.0 Å². The van der Waals surface area contributed by atoms with Crippen molar-refractivity contribution in [3.63, 3.8) is 0 Å². The van der Waals surface area contributed by atoms with E-state index in [0.29, 0.717) is 5.75 Å². The van der Waals surface area contributed by atoms with Crippen molar-refractivity contribution >= 4 is 5.97 Å². The molecular weight excluding hydrogens is 240 g/mol. The largest absolute Gasteiger partial charge is 0.478 e. The van der Waals surface area contributed by atoms with E-state index >= 15 is 0 Å². The molecule has 1 atom stereocenters. The first-order valence-electron chi connectivity index (χ1n) is 6.04. The predicted molar refractivity (Wildman–Crippen MR) is 74.6 cm³/mol. The quantitative estimate of drug-likeness (QED) is 0.462. The van der Waals surface area contributed by atoms with Crippen LogP contribution >= 0.6 is 0 Å². The number of allylic oxidation sites excluding steroid dienone is 1. The Balaban J connectivity index is 2.51. The highest BCUT2D eigenvalue weighted by molar-refractivity contribution is 5.82. The fourth-order valence-corrected chi connectivity index (χ4v) is 1.33. The second-order valence-electron chi connectivity index (χ2n) is 4.40. The Bertz CT molecular complexity index is 488. The van der Waals surface area contributed by atoms with Crippen molar-refractivity contribution in [2.24, 2.45) is 0 Å². The summed E-state index contributed by atoms with van der Waals surface area (Å²) in [6.07, 6.45) is 6.43. The molecule has 0 aliphatic carbocycles. The Labute approximate surface area is 114 Å². The van der Waals surface area contributed by atoms with Crippen LogP contribution in [0.2, 0.25) is 0 Å². The molecule has 0 heterocycles. The molecule has 1 aromatic rings. The number of carbonyl (C=O) groups is 1. The lowest BCUT2D eigenvalue weighted by Gasteiger charge is -2.09. The van der Waals surface area contributed by atoms with Gasteiger partial charge in [0.2, 0.25) is 0 Å². The van der Waals surface area contributed by atoms with Crippen LogP contribution in [0.25, 0.3) is 0 Å². The Morgan fingerprint density at radius 3 is 2.53 bits per heavy atom. The molecule has 3 heteroatoms. The molecule has 1 unspecified atom stereocenters. The van der Waals surface area contributed by atoms with Crippen molar-refractivity contribution in [1.82, 2.24) is 0 Å². The first-order chi connectivity index (χ1) is 9.01. The van der Waals surface area contributed by atoms with E-state index in [1.54, 1.807) is 19.1 Å². The zero-order valence-electron chi connectivity index (χ0n) is 11.5. The van der Waals surface area contributed by atoms with Crippen LogP contribution in [0, 0.1) is 12.3 Å². The highest BCUT2D eigenvalue weighted by atomic mass is 16.5. The Kier molecular flexibility index (Phi) is 5.69. The predicted octanol–water partition coefficient (Wildman–Crippen LogP) is 3.10. The molecule has 1 rings (SSSR count). The molecule has 0 saturated carbocycles. The summed E-state index contributed by atoms with van der Waals surface area (Å²) in [5.74, 6) is 2.86. The number of ether oxygens (including phenoxy) is 2. The summed E-state index contributed by atoms with van der Waals surface area (Å²) in [6.45, 7) is 5.74. The second kappa shape index (κ2) is 7.27. The van der Waals surface area contributed by atoms with E-state index in [-0.39, 0.29) is 18.7 Å². The van der Waals surface area contributed by atoms with Crippen LogP contribution in [-0.4, -0.2) is 12.1 Å². The molecule has 1 aromatic carbocycles. The van der Waals surface area contributed by atoms with Crippen molar-refractivity contribution in [3.05, 3.63) is 41.5 Å². The third-order valence-electron chi connectivity index (χ3n) is 2.26. The van der Waals surface area contributed by atoms with Crippen LogP contribution in [-0.2, 0) is 16.1 Å². The molecule has 0 radical (unpaired) electrons. The van der Waals surface area contributed by atoms with Crippen molar-refractivity contribution in [3.8, 4) is 18.1 Å². The maximum atomic E-state index is 11.3. The lowest BCUT2D eigenvalue weighted by atomic mass is 10.2. The molecular formula is C16H18O3. The van der Waals surface area contributed by atoms with Crippen molar-refractivity contribution in [1.29, 1.82) is 0 Å². The molecule has 0 bridgehead atoms. The number of rotatable bonds is 5. The van der Waals surface area contributed by atoms with Crippen molar-refractivity contribution < 1.29 is 14.3 Å². The average molecular weight is 258 g/mol. The summed E-state index contributed by atoms with van der Waals surface area (Å²) in [5, 5.41) is 0. The van der Waals surface area contributed by atoms with Crippen LogP contribution in [0.5, 0.6) is 5.75 Å². The third kappa shape index (κ3) is 5.78. The zero-order valence-corrected chi connectivity index (χ0v) is 11.5. The van der Waals surface area contributed by atoms with Gasteiger partial charge in [-0.3, -0.25) is 0 Å². The van der Waals surface area contributed by atoms with Gasteiger partial charge in [-0.05, 0) is 38.5 Å². The molecule has 0 fully saturated rings. The minimum atomic E-state index is -0.332. The first kappa shape index (κ1) is 14.8. The van der Waals surface area contributed by atoms with Crippen molar-refractivity contribution in [2.45, 2.75) is 33.5 Å². The van der Waals surface area contributed by atoms with E-state index < -0.39 is 0 Å². The van der Waals surface area contributed by atoms with Gasteiger partial charge >= 0.3 is 5.97 Å². The van der Waals surface area contributed by atoms with Crippen LogP contribution in [0.4, 0.5) is 0 Å². The third-order valence-corrected chi connectivity index (χ3v) is 2.26. The Hall–Kier alpha value is -2.21. The maximum Gasteiger partial charge on any atom is 0.331 e. The molecule has 0 aliphatic heterocycles. The molecule has 0 saturated heterocycles. The van der Waals surface area contributed by atoms with E-state index in [9.17, 15) is 4.79 Å². The van der Waals surface area contributed by atoms with Gasteiger partial charge in [0.05, 0.1) is 0 Å². The second-order valence-corrected chi connectivity index (χ2v) is 4.40. The molecule has 100 valence electrons. The molecule has 0 aliphatic rings. The first-order valence-corrected chi connectivity index (χ1v) is 6.04. The number of terminal acetylenes is 1. The number of hydrogen-bond acceptors (Lipinski definition) is 3. The van der Waals surface area contributed by atoms with E-state index in [2.05, 4.69) is 5.92 Å². The average Bonchev–Trinajstić information content (AvgIpc) is 2.37. The summed E-state index contributed by atoms with van der Waals surface area (Å²) in [5.41, 5.74) is 1.81. The highest BCUT2D eigenvalue weighted by Gasteiger charge is 2.02. The SMILES string of the molecule is C#CC(C)Oc1ccc(COC(=O)C=C(C)C)cc1. The monoisotopic (exact) mass is 258 g/mol. The van der Waals surface area contributed by atoms with Gasteiger partial charge in [-0.1, -0.05) is 23.6 Å². The maximum absolute atomic E-state index is 11.3. The van der Waals surface area contributed by atoms with Crippen LogP contribution in [0.1, 0.15) is 26.3 Å². The van der Waals surface area contributed by atoms with Crippen LogP contribution in [0.3, 0.4) is 0 Å². The fourth-order valence-electron chi connectivity index (χ4n) is 1.33. The summed E-state index contributed by atoms with van der Waals surface area (Å²) in [4.78, 5) is 11.3. The topological polar surface area (TPSA) is 35.5 Å². The summed E-state index contributed by atoms with van der Waals surface area (Å²) in [6, 6.07) is 7.29. The number of carbonyl (C=O) groups excluding carboxylic acids is 1. The van der Waals surface area contributed by atoms with E-state index in [4.69, 9.17) is 15.9 Å². The Morgan fingerprint density at radius 2 is 2.00 bits per heavy atom. The van der Waals surface area contributed by atoms with Gasteiger partial charge < -0.3 is 9.47 Å². The fraction of sp³-hybridized carbons (Fsp3) is 0.312. The van der Waals surface area contributed by atoms with Gasteiger partial charge in [0.15, 0.2) is 6.10 Å². The van der Waals surface area contributed by atoms with Gasteiger partial charge in [-0.15, -0.1) is 6.42 Å². The van der Waals surface area contributed by atoms with Gasteiger partial charge in [0, 0.05) is 6.08 Å². The molecule has 0 amide bonds. The van der Waals surface area contributed by atoms with Gasteiger partial charge in [-0.2, -0.15) is 0 Å². The molecule has 0 N–H and O–H groups in total. The normalized spacial score (nSPS) is 11.1.